The minimum absolute atomic E-state index is 0.538. The second-order valence-corrected chi connectivity index (χ2v) is 10.7. The zero-order chi connectivity index (χ0) is 11.5. The Morgan fingerprint density at radius 3 is 2.67 bits per heavy atom. The Balaban J connectivity index is 2.45. The van der Waals surface area contributed by atoms with Gasteiger partial charge in [0.05, 0.1) is 6.26 Å². The van der Waals surface area contributed by atoms with Crippen LogP contribution >= 0.6 is 0 Å². The van der Waals surface area contributed by atoms with E-state index >= 15 is 0 Å². The SMILES string of the molecule is C=C(CC(O)c1ccco1)C[Si](C)(C)C. The van der Waals surface area contributed by atoms with Crippen molar-refractivity contribution in [3.05, 3.63) is 36.3 Å². The van der Waals surface area contributed by atoms with E-state index in [0.717, 1.165) is 11.6 Å². The summed E-state index contributed by atoms with van der Waals surface area (Å²) < 4.78 is 5.15. The van der Waals surface area contributed by atoms with Gasteiger partial charge in [-0.1, -0.05) is 25.2 Å². The third-order valence-electron chi connectivity index (χ3n) is 2.13. The molecule has 1 atom stereocenters. The molecule has 0 amide bonds. The van der Waals surface area contributed by atoms with Crippen LogP contribution in [0.2, 0.25) is 25.7 Å². The molecule has 0 bridgehead atoms. The molecule has 0 saturated carbocycles. The highest BCUT2D eigenvalue weighted by Gasteiger charge is 2.18. The van der Waals surface area contributed by atoms with Crippen LogP contribution in [0, 0.1) is 0 Å². The van der Waals surface area contributed by atoms with E-state index in [1.165, 1.54) is 0 Å². The first kappa shape index (κ1) is 12.3. The second kappa shape index (κ2) is 4.81. The van der Waals surface area contributed by atoms with Gasteiger partial charge in [-0.25, -0.2) is 0 Å². The molecule has 0 aliphatic rings. The number of aliphatic hydroxyl groups is 1. The van der Waals surface area contributed by atoms with E-state index in [1.54, 1.807) is 18.4 Å². The van der Waals surface area contributed by atoms with E-state index in [0.29, 0.717) is 12.2 Å². The molecule has 1 aromatic heterocycles. The lowest BCUT2D eigenvalue weighted by Crippen LogP contribution is -2.20. The van der Waals surface area contributed by atoms with Crippen molar-refractivity contribution in [2.45, 2.75) is 38.2 Å². The second-order valence-electron chi connectivity index (χ2n) is 5.22. The molecule has 1 N–H and O–H groups in total. The first-order valence-corrected chi connectivity index (χ1v) is 8.97. The Labute approximate surface area is 92.6 Å². The van der Waals surface area contributed by atoms with E-state index < -0.39 is 14.2 Å². The van der Waals surface area contributed by atoms with Crippen LogP contribution in [0.1, 0.15) is 18.3 Å². The summed E-state index contributed by atoms with van der Waals surface area (Å²) in [5.41, 5.74) is 1.12. The van der Waals surface area contributed by atoms with Crippen LogP contribution in [0.25, 0.3) is 0 Å². The van der Waals surface area contributed by atoms with Crippen LogP contribution in [-0.4, -0.2) is 13.2 Å². The molecule has 0 radical (unpaired) electrons. The van der Waals surface area contributed by atoms with E-state index in [-0.39, 0.29) is 0 Å². The summed E-state index contributed by atoms with van der Waals surface area (Å²) in [6.07, 6.45) is 1.65. The number of hydrogen-bond donors (Lipinski definition) is 1. The standard InChI is InChI=1S/C12H20O2Si/c1-10(9-15(2,3)4)8-11(13)12-6-5-7-14-12/h5-7,11,13H,1,8-9H2,2-4H3. The fraction of sp³-hybridized carbons (Fsp3) is 0.500. The molecule has 2 nitrogen and oxygen atoms in total. The maximum Gasteiger partial charge on any atom is 0.132 e. The highest BCUT2D eigenvalue weighted by Crippen LogP contribution is 2.25. The molecule has 0 aliphatic carbocycles. The monoisotopic (exact) mass is 224 g/mol. The zero-order valence-corrected chi connectivity index (χ0v) is 10.8. The minimum Gasteiger partial charge on any atom is -0.467 e. The molecule has 3 heteroatoms. The van der Waals surface area contributed by atoms with Crippen molar-refractivity contribution < 1.29 is 9.52 Å². The number of aliphatic hydroxyl groups excluding tert-OH is 1. The lowest BCUT2D eigenvalue weighted by Gasteiger charge is -2.18. The molecular weight excluding hydrogens is 204 g/mol. The topological polar surface area (TPSA) is 33.4 Å². The van der Waals surface area contributed by atoms with Gasteiger partial charge in [-0.15, -0.1) is 6.58 Å². The molecule has 1 rings (SSSR count). The maximum absolute atomic E-state index is 9.84. The van der Waals surface area contributed by atoms with Gasteiger partial charge in [0.15, 0.2) is 0 Å². The summed E-state index contributed by atoms with van der Waals surface area (Å²) in [4.78, 5) is 0. The van der Waals surface area contributed by atoms with Crippen LogP contribution < -0.4 is 0 Å². The number of furan rings is 1. The third kappa shape index (κ3) is 4.49. The van der Waals surface area contributed by atoms with Gasteiger partial charge in [0.1, 0.15) is 11.9 Å². The van der Waals surface area contributed by atoms with Crippen molar-refractivity contribution in [2.75, 3.05) is 0 Å². The first-order chi connectivity index (χ1) is 6.88. The normalized spacial score (nSPS) is 13.9. The Morgan fingerprint density at radius 2 is 2.20 bits per heavy atom. The van der Waals surface area contributed by atoms with Crippen molar-refractivity contribution in [1.29, 1.82) is 0 Å². The van der Waals surface area contributed by atoms with E-state index in [9.17, 15) is 5.11 Å². The summed E-state index contributed by atoms with van der Waals surface area (Å²) in [6.45, 7) is 10.9. The molecule has 0 fully saturated rings. The van der Waals surface area contributed by atoms with Crippen LogP contribution in [-0.2, 0) is 0 Å². The van der Waals surface area contributed by atoms with Crippen molar-refractivity contribution in [3.8, 4) is 0 Å². The van der Waals surface area contributed by atoms with Gasteiger partial charge in [0, 0.05) is 14.5 Å². The number of hydrogen-bond acceptors (Lipinski definition) is 2. The lowest BCUT2D eigenvalue weighted by molar-refractivity contribution is 0.150. The molecule has 0 aromatic carbocycles. The van der Waals surface area contributed by atoms with Crippen LogP contribution in [0.5, 0.6) is 0 Å². The average molecular weight is 224 g/mol. The quantitative estimate of drug-likeness (QED) is 0.612. The van der Waals surface area contributed by atoms with E-state index in [1.807, 2.05) is 0 Å². The highest BCUT2D eigenvalue weighted by atomic mass is 28.3. The average Bonchev–Trinajstić information content (AvgIpc) is 2.50. The Morgan fingerprint density at radius 1 is 1.53 bits per heavy atom. The molecule has 0 aliphatic heterocycles. The number of rotatable bonds is 5. The summed E-state index contributed by atoms with van der Waals surface area (Å²) in [6, 6.07) is 4.65. The minimum atomic E-state index is -1.11. The smallest absolute Gasteiger partial charge is 0.132 e. The van der Waals surface area contributed by atoms with Gasteiger partial charge in [0.2, 0.25) is 0 Å². The zero-order valence-electron chi connectivity index (χ0n) is 9.79. The first-order valence-electron chi connectivity index (χ1n) is 5.26. The van der Waals surface area contributed by atoms with Crippen molar-refractivity contribution in [1.82, 2.24) is 0 Å². The largest absolute Gasteiger partial charge is 0.467 e. The predicted molar refractivity (Wildman–Crippen MR) is 65.6 cm³/mol. The van der Waals surface area contributed by atoms with Gasteiger partial charge in [-0.05, 0) is 18.2 Å². The molecule has 1 heterocycles. The van der Waals surface area contributed by atoms with Crippen molar-refractivity contribution >= 4 is 8.07 Å². The van der Waals surface area contributed by atoms with E-state index in [2.05, 4.69) is 26.2 Å². The van der Waals surface area contributed by atoms with Crippen LogP contribution in [0.15, 0.2) is 35.0 Å². The summed E-state index contributed by atoms with van der Waals surface area (Å²) >= 11 is 0. The van der Waals surface area contributed by atoms with E-state index in [4.69, 9.17) is 4.42 Å². The fourth-order valence-electron chi connectivity index (χ4n) is 1.68. The highest BCUT2D eigenvalue weighted by molar-refractivity contribution is 6.76. The Hall–Kier alpha value is -0.803. The van der Waals surface area contributed by atoms with Gasteiger partial charge in [0.25, 0.3) is 0 Å². The van der Waals surface area contributed by atoms with Crippen LogP contribution in [0.3, 0.4) is 0 Å². The van der Waals surface area contributed by atoms with Crippen LogP contribution in [0.4, 0.5) is 0 Å². The lowest BCUT2D eigenvalue weighted by atomic mass is 10.1. The Bertz CT molecular complexity index is 309. The molecule has 1 aromatic rings. The Kier molecular flexibility index (Phi) is 3.94. The van der Waals surface area contributed by atoms with Crippen molar-refractivity contribution in [2.24, 2.45) is 0 Å². The summed E-state index contributed by atoms with van der Waals surface area (Å²) in [5.74, 6) is 0.631. The molecular formula is C12H20O2Si. The molecule has 84 valence electrons. The van der Waals surface area contributed by atoms with Crippen molar-refractivity contribution in [3.63, 3.8) is 0 Å². The molecule has 0 saturated heterocycles. The van der Waals surface area contributed by atoms with Gasteiger partial charge in [-0.3, -0.25) is 0 Å². The van der Waals surface area contributed by atoms with Gasteiger partial charge >= 0.3 is 0 Å². The summed E-state index contributed by atoms with van der Waals surface area (Å²) in [7, 11) is -1.11. The molecule has 1 unspecified atom stereocenters. The third-order valence-corrected chi connectivity index (χ3v) is 3.69. The van der Waals surface area contributed by atoms with Gasteiger partial charge in [-0.2, -0.15) is 0 Å². The maximum atomic E-state index is 9.84. The molecule has 0 spiro atoms. The summed E-state index contributed by atoms with van der Waals surface area (Å²) in [5, 5.41) is 9.84. The van der Waals surface area contributed by atoms with Gasteiger partial charge < -0.3 is 9.52 Å². The fourth-order valence-corrected chi connectivity index (χ4v) is 3.32. The predicted octanol–water partition coefficient (Wildman–Crippen LogP) is 3.60. The molecule has 15 heavy (non-hydrogen) atoms.